The lowest BCUT2D eigenvalue weighted by molar-refractivity contribution is -0.139. The van der Waals surface area contributed by atoms with Crippen molar-refractivity contribution in [2.75, 3.05) is 13.7 Å². The van der Waals surface area contributed by atoms with Gasteiger partial charge in [0.05, 0.1) is 50.3 Å². The van der Waals surface area contributed by atoms with Crippen molar-refractivity contribution in [2.45, 2.75) is 25.9 Å². The SMILES string of the molecule is CCOC(=O)C1=C(c2ccccc2)N=C2SC=C(CC(=O)NCc3ccco3)N2[C@H]1c1ccc(OC)cc1. The summed E-state index contributed by atoms with van der Waals surface area (Å²) >= 11 is 1.43. The molecule has 2 aromatic carbocycles. The average molecular weight is 530 g/mol. The molecule has 1 amide bonds. The van der Waals surface area contributed by atoms with Gasteiger partial charge in [-0.25, -0.2) is 9.79 Å². The number of carbonyl (C=O) groups excluding carboxylic acids is 2. The number of hydrogen-bond donors (Lipinski definition) is 1. The van der Waals surface area contributed by atoms with Gasteiger partial charge in [-0.2, -0.15) is 0 Å². The Labute approximate surface area is 225 Å². The Balaban J connectivity index is 1.55. The van der Waals surface area contributed by atoms with E-state index in [1.54, 1.807) is 26.4 Å². The third kappa shape index (κ3) is 5.24. The molecule has 9 heteroatoms. The molecule has 1 N–H and O–H groups in total. The maximum Gasteiger partial charge on any atom is 0.338 e. The van der Waals surface area contributed by atoms with Crippen molar-refractivity contribution in [1.82, 2.24) is 10.2 Å². The molecule has 3 aromatic rings. The summed E-state index contributed by atoms with van der Waals surface area (Å²) in [5, 5.41) is 5.50. The normalized spacial score (nSPS) is 16.5. The van der Waals surface area contributed by atoms with E-state index in [-0.39, 0.29) is 18.9 Å². The second-order valence-corrected chi connectivity index (χ2v) is 9.39. The standard InChI is InChI=1S/C29H27N3O5S/c1-3-36-28(34)25-26(19-8-5-4-6-9-19)31-29-32(27(25)20-11-13-22(35-2)14-12-20)21(18-38-29)16-24(33)30-17-23-10-7-15-37-23/h4-15,18,27H,3,16-17H2,1-2H3,(H,30,33)/t27-/m0/s1. The largest absolute Gasteiger partial charge is 0.497 e. The van der Waals surface area contributed by atoms with E-state index < -0.39 is 12.0 Å². The quantitative estimate of drug-likeness (QED) is 0.378. The number of methoxy groups -OCH3 is 1. The second kappa shape index (κ2) is 11.4. The summed E-state index contributed by atoms with van der Waals surface area (Å²) in [4.78, 5) is 33.3. The lowest BCUT2D eigenvalue weighted by Gasteiger charge is -2.36. The first-order valence-corrected chi connectivity index (χ1v) is 13.1. The number of benzene rings is 2. The van der Waals surface area contributed by atoms with E-state index >= 15 is 0 Å². The van der Waals surface area contributed by atoms with Gasteiger partial charge in [0.1, 0.15) is 11.5 Å². The fraction of sp³-hybridized carbons (Fsp3) is 0.207. The monoisotopic (exact) mass is 529 g/mol. The number of aliphatic imine (C=N–C) groups is 1. The molecule has 0 fully saturated rings. The van der Waals surface area contributed by atoms with Gasteiger partial charge in [0.15, 0.2) is 5.17 Å². The lowest BCUT2D eigenvalue weighted by Crippen LogP contribution is -2.38. The van der Waals surface area contributed by atoms with Gasteiger partial charge < -0.3 is 24.1 Å². The predicted octanol–water partition coefficient (Wildman–Crippen LogP) is 5.27. The molecule has 0 saturated carbocycles. The number of nitrogens with one attached hydrogen (secondary N) is 1. The molecule has 2 aliphatic heterocycles. The summed E-state index contributed by atoms with van der Waals surface area (Å²) in [6.07, 6.45) is 1.68. The number of carbonyl (C=O) groups is 2. The Hall–Kier alpha value is -4.24. The van der Waals surface area contributed by atoms with Crippen molar-refractivity contribution in [3.8, 4) is 5.75 Å². The summed E-state index contributed by atoms with van der Waals surface area (Å²) in [6, 6.07) is 20.2. The fourth-order valence-corrected chi connectivity index (χ4v) is 5.33. The Morgan fingerprint density at radius 2 is 1.87 bits per heavy atom. The van der Waals surface area contributed by atoms with E-state index in [4.69, 9.17) is 18.9 Å². The third-order valence-electron chi connectivity index (χ3n) is 6.17. The molecule has 5 rings (SSSR count). The number of furan rings is 1. The van der Waals surface area contributed by atoms with Gasteiger partial charge in [-0.3, -0.25) is 4.79 Å². The number of amides is 1. The van der Waals surface area contributed by atoms with Crippen LogP contribution in [-0.2, 0) is 20.9 Å². The smallest absolute Gasteiger partial charge is 0.338 e. The number of hydrogen-bond acceptors (Lipinski definition) is 8. The highest BCUT2D eigenvalue weighted by Crippen LogP contribution is 2.47. The van der Waals surface area contributed by atoms with E-state index in [1.165, 1.54) is 11.8 Å². The summed E-state index contributed by atoms with van der Waals surface area (Å²) < 4.78 is 16.2. The van der Waals surface area contributed by atoms with Crippen molar-refractivity contribution in [3.05, 3.63) is 107 Å². The highest BCUT2D eigenvalue weighted by atomic mass is 32.2. The molecule has 0 spiro atoms. The summed E-state index contributed by atoms with van der Waals surface area (Å²) in [5.74, 6) is 0.753. The molecule has 0 unspecified atom stereocenters. The van der Waals surface area contributed by atoms with Crippen LogP contribution in [0.3, 0.4) is 0 Å². The van der Waals surface area contributed by atoms with E-state index in [0.717, 1.165) is 16.8 Å². The summed E-state index contributed by atoms with van der Waals surface area (Å²) in [7, 11) is 1.61. The van der Waals surface area contributed by atoms with Gasteiger partial charge >= 0.3 is 5.97 Å². The molecule has 8 nitrogen and oxygen atoms in total. The van der Waals surface area contributed by atoms with Crippen LogP contribution in [0.15, 0.2) is 99.1 Å². The van der Waals surface area contributed by atoms with Gasteiger partial charge in [0, 0.05) is 11.3 Å². The van der Waals surface area contributed by atoms with Crippen LogP contribution in [0.4, 0.5) is 0 Å². The van der Waals surface area contributed by atoms with Gasteiger partial charge in [-0.15, -0.1) is 0 Å². The molecular formula is C29H27N3O5S. The number of ether oxygens (including phenoxy) is 2. The first-order valence-electron chi connectivity index (χ1n) is 12.2. The van der Waals surface area contributed by atoms with E-state index in [0.29, 0.717) is 34.5 Å². The third-order valence-corrected chi connectivity index (χ3v) is 7.05. The molecule has 194 valence electrons. The van der Waals surface area contributed by atoms with E-state index in [9.17, 15) is 9.59 Å². The highest BCUT2D eigenvalue weighted by Gasteiger charge is 2.42. The Bertz CT molecular complexity index is 1400. The second-order valence-electron chi connectivity index (χ2n) is 8.55. The number of rotatable bonds is 9. The van der Waals surface area contributed by atoms with Crippen LogP contribution >= 0.6 is 11.8 Å². The van der Waals surface area contributed by atoms with Crippen LogP contribution < -0.4 is 10.1 Å². The van der Waals surface area contributed by atoms with E-state index in [1.807, 2.05) is 71.0 Å². The van der Waals surface area contributed by atoms with E-state index in [2.05, 4.69) is 5.32 Å². The first-order chi connectivity index (χ1) is 18.6. The number of esters is 1. The number of amidine groups is 1. The molecule has 0 aliphatic carbocycles. The van der Waals surface area contributed by atoms with Crippen molar-refractivity contribution < 1.29 is 23.5 Å². The van der Waals surface area contributed by atoms with Gasteiger partial charge in [-0.1, -0.05) is 54.2 Å². The molecule has 1 aromatic heterocycles. The highest BCUT2D eigenvalue weighted by molar-refractivity contribution is 8.16. The maximum absolute atomic E-state index is 13.5. The number of thioether (sulfide) groups is 1. The van der Waals surface area contributed by atoms with Gasteiger partial charge in [-0.05, 0) is 42.2 Å². The molecular weight excluding hydrogens is 502 g/mol. The fourth-order valence-electron chi connectivity index (χ4n) is 4.42. The summed E-state index contributed by atoms with van der Waals surface area (Å²) in [6.45, 7) is 2.30. The van der Waals surface area contributed by atoms with Crippen molar-refractivity contribution in [2.24, 2.45) is 4.99 Å². The molecule has 0 radical (unpaired) electrons. The van der Waals surface area contributed by atoms with Crippen LogP contribution in [0.2, 0.25) is 0 Å². The Morgan fingerprint density at radius 1 is 1.08 bits per heavy atom. The minimum atomic E-state index is -0.554. The van der Waals surface area contributed by atoms with Crippen LogP contribution in [0.5, 0.6) is 5.75 Å². The minimum absolute atomic E-state index is 0.107. The van der Waals surface area contributed by atoms with Crippen LogP contribution in [0.1, 0.15) is 36.3 Å². The molecule has 0 saturated heterocycles. The predicted molar refractivity (Wildman–Crippen MR) is 146 cm³/mol. The first kappa shape index (κ1) is 25.4. The van der Waals surface area contributed by atoms with Crippen molar-refractivity contribution in [3.63, 3.8) is 0 Å². The Kier molecular flexibility index (Phi) is 7.65. The van der Waals surface area contributed by atoms with Gasteiger partial charge in [0.2, 0.25) is 5.91 Å². The number of nitrogens with zero attached hydrogens (tertiary/aromatic N) is 2. The zero-order valence-electron chi connectivity index (χ0n) is 21.0. The van der Waals surface area contributed by atoms with Crippen LogP contribution in [0.25, 0.3) is 5.70 Å². The van der Waals surface area contributed by atoms with Crippen LogP contribution in [0, 0.1) is 0 Å². The molecule has 38 heavy (non-hydrogen) atoms. The Morgan fingerprint density at radius 3 is 2.55 bits per heavy atom. The zero-order valence-corrected chi connectivity index (χ0v) is 21.9. The molecule has 2 aliphatic rings. The average Bonchev–Trinajstić information content (AvgIpc) is 3.62. The maximum atomic E-state index is 13.5. The number of fused-ring (bicyclic) bond motifs is 1. The van der Waals surface area contributed by atoms with Crippen LogP contribution in [-0.4, -0.2) is 35.7 Å². The minimum Gasteiger partial charge on any atom is -0.497 e. The zero-order chi connectivity index (χ0) is 26.5. The van der Waals surface area contributed by atoms with Crippen molar-refractivity contribution in [1.29, 1.82) is 0 Å². The molecule has 0 bridgehead atoms. The van der Waals surface area contributed by atoms with Crippen molar-refractivity contribution >= 4 is 34.5 Å². The molecule has 3 heterocycles. The lowest BCUT2D eigenvalue weighted by atomic mass is 9.91. The van der Waals surface area contributed by atoms with Gasteiger partial charge in [0.25, 0.3) is 0 Å². The molecule has 1 atom stereocenters. The summed E-state index contributed by atoms with van der Waals surface area (Å²) in [5.41, 5.74) is 3.36. The topological polar surface area (TPSA) is 93.4 Å².